The Hall–Kier alpha value is -1.90. The molecule has 0 unspecified atom stereocenters. The third-order valence-electron chi connectivity index (χ3n) is 5.57. The van der Waals surface area contributed by atoms with Crippen LogP contribution in [0.4, 0.5) is 0 Å². The van der Waals surface area contributed by atoms with E-state index >= 15 is 0 Å². The first-order chi connectivity index (χ1) is 14.4. The molecule has 1 saturated carbocycles. The fourth-order valence-electron chi connectivity index (χ4n) is 3.88. The van der Waals surface area contributed by atoms with Crippen LogP contribution in [0.5, 0.6) is 5.75 Å². The number of ether oxygens (including phenoxy) is 1. The molecule has 1 aromatic heterocycles. The summed E-state index contributed by atoms with van der Waals surface area (Å²) in [5.41, 5.74) is 0.726. The highest BCUT2D eigenvalue weighted by Crippen LogP contribution is 2.42. The zero-order valence-electron chi connectivity index (χ0n) is 17.6. The molecule has 1 aromatic carbocycles. The summed E-state index contributed by atoms with van der Waals surface area (Å²) in [6.45, 7) is 4.66. The molecule has 8 heteroatoms. The Morgan fingerprint density at radius 2 is 2.00 bits per heavy atom. The summed E-state index contributed by atoms with van der Waals surface area (Å²) in [6.07, 6.45) is 5.27. The van der Waals surface area contributed by atoms with Crippen molar-refractivity contribution in [3.63, 3.8) is 0 Å². The van der Waals surface area contributed by atoms with Gasteiger partial charge in [0.2, 0.25) is 15.9 Å². The van der Waals surface area contributed by atoms with Crippen molar-refractivity contribution in [2.24, 2.45) is 0 Å². The quantitative estimate of drug-likeness (QED) is 0.577. The molecule has 6 nitrogen and oxygen atoms in total. The molecule has 0 spiro atoms. The lowest BCUT2D eigenvalue weighted by atomic mass is 9.84. The summed E-state index contributed by atoms with van der Waals surface area (Å²) in [4.78, 5) is 13.8. The minimum Gasteiger partial charge on any atom is -0.493 e. The van der Waals surface area contributed by atoms with Crippen LogP contribution in [0.15, 0.2) is 40.6 Å². The van der Waals surface area contributed by atoms with Crippen molar-refractivity contribution in [3.8, 4) is 5.75 Å². The monoisotopic (exact) mass is 450 g/mol. The zero-order chi connectivity index (χ0) is 21.6. The highest BCUT2D eigenvalue weighted by molar-refractivity contribution is 7.89. The molecule has 0 saturated heterocycles. The number of rotatable bonds is 10. The van der Waals surface area contributed by atoms with E-state index < -0.39 is 10.0 Å². The number of sulfonamides is 1. The van der Waals surface area contributed by atoms with Crippen LogP contribution in [-0.4, -0.2) is 34.0 Å². The maximum absolute atomic E-state index is 12.6. The lowest BCUT2D eigenvalue weighted by Crippen LogP contribution is -2.43. The van der Waals surface area contributed by atoms with Gasteiger partial charge in [0, 0.05) is 16.8 Å². The van der Waals surface area contributed by atoms with Gasteiger partial charge in [0.15, 0.2) is 0 Å². The van der Waals surface area contributed by atoms with Crippen LogP contribution in [-0.2, 0) is 20.2 Å². The molecule has 1 fully saturated rings. The van der Waals surface area contributed by atoms with Crippen LogP contribution in [0.2, 0.25) is 0 Å². The average molecular weight is 451 g/mol. The van der Waals surface area contributed by atoms with Gasteiger partial charge in [0.1, 0.15) is 5.75 Å². The molecule has 2 N–H and O–H groups in total. The van der Waals surface area contributed by atoms with Crippen LogP contribution >= 0.6 is 11.3 Å². The molecular formula is C22H30N2O4S2. The average Bonchev–Trinajstić information content (AvgIpc) is 3.42. The fourth-order valence-corrected chi connectivity index (χ4v) is 5.93. The van der Waals surface area contributed by atoms with E-state index in [9.17, 15) is 13.2 Å². The van der Waals surface area contributed by atoms with E-state index in [0.29, 0.717) is 18.9 Å². The summed E-state index contributed by atoms with van der Waals surface area (Å²) in [7, 11) is -3.78. The van der Waals surface area contributed by atoms with Gasteiger partial charge in [0.25, 0.3) is 0 Å². The van der Waals surface area contributed by atoms with Crippen LogP contribution in [0, 0.1) is 6.92 Å². The number of benzene rings is 1. The number of nitrogens with one attached hydrogen (secondary N) is 2. The Morgan fingerprint density at radius 1 is 1.23 bits per heavy atom. The molecule has 1 heterocycles. The number of carbonyl (C=O) groups is 1. The predicted molar refractivity (Wildman–Crippen MR) is 120 cm³/mol. The summed E-state index contributed by atoms with van der Waals surface area (Å²) < 4.78 is 33.2. The second-order valence-electron chi connectivity index (χ2n) is 7.84. The van der Waals surface area contributed by atoms with E-state index in [1.54, 1.807) is 23.5 Å². The van der Waals surface area contributed by atoms with Crippen LogP contribution in [0.25, 0.3) is 0 Å². The SMILES string of the molecule is CCCOc1ccc(S(=O)(=O)NCC(=O)NCC2(c3cccs3)CCCC2)cc1C. The van der Waals surface area contributed by atoms with E-state index in [1.807, 2.05) is 19.9 Å². The number of aryl methyl sites for hydroxylation is 1. The fraction of sp³-hybridized carbons (Fsp3) is 0.500. The highest BCUT2D eigenvalue weighted by Gasteiger charge is 2.36. The van der Waals surface area contributed by atoms with E-state index in [4.69, 9.17) is 4.74 Å². The third-order valence-corrected chi connectivity index (χ3v) is 8.08. The molecule has 30 heavy (non-hydrogen) atoms. The van der Waals surface area contributed by atoms with Crippen molar-refractivity contribution in [2.45, 2.75) is 56.3 Å². The summed E-state index contributed by atoms with van der Waals surface area (Å²) >= 11 is 1.72. The van der Waals surface area contributed by atoms with Gasteiger partial charge in [-0.25, -0.2) is 13.1 Å². The van der Waals surface area contributed by atoms with Gasteiger partial charge in [-0.1, -0.05) is 25.8 Å². The Morgan fingerprint density at radius 3 is 2.63 bits per heavy atom. The van der Waals surface area contributed by atoms with Crippen LogP contribution in [0.1, 0.15) is 49.5 Å². The molecule has 1 amide bonds. The maximum atomic E-state index is 12.6. The van der Waals surface area contributed by atoms with Gasteiger partial charge >= 0.3 is 0 Å². The molecule has 0 atom stereocenters. The zero-order valence-corrected chi connectivity index (χ0v) is 19.2. The molecule has 0 radical (unpaired) electrons. The normalized spacial score (nSPS) is 15.8. The largest absolute Gasteiger partial charge is 0.493 e. The number of hydrogen-bond donors (Lipinski definition) is 2. The van der Waals surface area contributed by atoms with Crippen molar-refractivity contribution in [1.82, 2.24) is 10.0 Å². The molecule has 2 aromatic rings. The number of hydrogen-bond acceptors (Lipinski definition) is 5. The summed E-state index contributed by atoms with van der Waals surface area (Å²) in [6, 6.07) is 8.89. The Balaban J connectivity index is 1.56. The standard InChI is InChI=1S/C22H30N2O4S2/c1-3-12-28-19-9-8-18(14-17(19)2)30(26,27)24-15-21(25)23-16-22(10-4-5-11-22)20-7-6-13-29-20/h6-9,13-14,24H,3-5,10-12,15-16H2,1-2H3,(H,23,25). The summed E-state index contributed by atoms with van der Waals surface area (Å²) in [5, 5.41) is 5.00. The number of carbonyl (C=O) groups excluding carboxylic acids is 1. The lowest BCUT2D eigenvalue weighted by Gasteiger charge is -2.28. The molecule has 1 aliphatic carbocycles. The second-order valence-corrected chi connectivity index (χ2v) is 10.6. The predicted octanol–water partition coefficient (Wildman–Crippen LogP) is 3.75. The van der Waals surface area contributed by atoms with Crippen LogP contribution in [0.3, 0.4) is 0 Å². The smallest absolute Gasteiger partial charge is 0.241 e. The molecule has 0 bridgehead atoms. The minimum absolute atomic E-state index is 0.0197. The second kappa shape index (κ2) is 9.94. The van der Waals surface area contributed by atoms with Crippen molar-refractivity contribution in [2.75, 3.05) is 19.7 Å². The van der Waals surface area contributed by atoms with E-state index in [-0.39, 0.29) is 22.8 Å². The Kier molecular flexibility index (Phi) is 7.55. The first-order valence-electron chi connectivity index (χ1n) is 10.4. The molecule has 0 aliphatic heterocycles. The first kappa shape index (κ1) is 22.8. The van der Waals surface area contributed by atoms with E-state index in [1.165, 1.54) is 10.9 Å². The van der Waals surface area contributed by atoms with Gasteiger partial charge < -0.3 is 10.1 Å². The van der Waals surface area contributed by atoms with Crippen molar-refractivity contribution < 1.29 is 17.9 Å². The molecular weight excluding hydrogens is 420 g/mol. The lowest BCUT2D eigenvalue weighted by molar-refractivity contribution is -0.120. The van der Waals surface area contributed by atoms with Gasteiger partial charge in [-0.3, -0.25) is 4.79 Å². The molecule has 3 rings (SSSR count). The van der Waals surface area contributed by atoms with Gasteiger partial charge in [-0.15, -0.1) is 11.3 Å². The number of amides is 1. The van der Waals surface area contributed by atoms with E-state index in [2.05, 4.69) is 21.5 Å². The Bertz CT molecular complexity index is 950. The van der Waals surface area contributed by atoms with Crippen molar-refractivity contribution >= 4 is 27.3 Å². The molecule has 164 valence electrons. The topological polar surface area (TPSA) is 84.5 Å². The van der Waals surface area contributed by atoms with Crippen LogP contribution < -0.4 is 14.8 Å². The van der Waals surface area contributed by atoms with E-state index in [0.717, 1.165) is 37.7 Å². The minimum atomic E-state index is -3.78. The summed E-state index contributed by atoms with van der Waals surface area (Å²) in [5.74, 6) is 0.352. The third kappa shape index (κ3) is 5.42. The van der Waals surface area contributed by atoms with Crippen molar-refractivity contribution in [1.29, 1.82) is 0 Å². The van der Waals surface area contributed by atoms with Gasteiger partial charge in [-0.05, 0) is 61.4 Å². The number of thiophene rings is 1. The van der Waals surface area contributed by atoms with Crippen molar-refractivity contribution in [3.05, 3.63) is 46.2 Å². The Labute approximate surface area is 183 Å². The van der Waals surface area contributed by atoms with Gasteiger partial charge in [-0.2, -0.15) is 0 Å². The maximum Gasteiger partial charge on any atom is 0.241 e. The first-order valence-corrected chi connectivity index (χ1v) is 12.8. The molecule has 1 aliphatic rings. The van der Waals surface area contributed by atoms with Gasteiger partial charge in [0.05, 0.1) is 18.0 Å². The highest BCUT2D eigenvalue weighted by atomic mass is 32.2.